The molecule has 0 saturated carbocycles. The Balaban J connectivity index is 1.86. The van der Waals surface area contributed by atoms with Crippen LogP contribution in [0.1, 0.15) is 22.4 Å². The highest BCUT2D eigenvalue weighted by Gasteiger charge is 2.39. The quantitative estimate of drug-likeness (QED) is 0.525. The van der Waals surface area contributed by atoms with E-state index in [4.69, 9.17) is 11.1 Å². The van der Waals surface area contributed by atoms with E-state index in [2.05, 4.69) is 0 Å². The SMILES string of the molecule is N=C(N)N1CCn2c(CCc3ccccc3)c(C(F)(F)F)c3cccc(c32)C1. The number of guanidine groups is 1. The zero-order valence-corrected chi connectivity index (χ0v) is 15.3. The molecule has 1 aromatic heterocycles. The Morgan fingerprint density at radius 3 is 2.43 bits per heavy atom. The molecule has 28 heavy (non-hydrogen) atoms. The standard InChI is InChI=1S/C21H21F3N4/c22-21(23,24)18-16-8-4-7-15-13-27(20(25)26)11-12-28(19(15)16)17(18)10-9-14-5-2-1-3-6-14/h1-8H,9-13H2,(H3,25,26). The van der Waals surface area contributed by atoms with Crippen molar-refractivity contribution >= 4 is 16.9 Å². The summed E-state index contributed by atoms with van der Waals surface area (Å²) in [5.41, 5.74) is 7.82. The molecule has 1 aliphatic rings. The Hall–Kier alpha value is -2.96. The molecule has 0 amide bonds. The van der Waals surface area contributed by atoms with Crippen LogP contribution in [0.5, 0.6) is 0 Å². The van der Waals surface area contributed by atoms with Crippen molar-refractivity contribution in [1.82, 2.24) is 9.47 Å². The highest BCUT2D eigenvalue weighted by molar-refractivity contribution is 5.89. The van der Waals surface area contributed by atoms with Gasteiger partial charge in [0.15, 0.2) is 5.96 Å². The first-order valence-electron chi connectivity index (χ1n) is 9.19. The lowest BCUT2D eigenvalue weighted by atomic mass is 10.0. The predicted octanol–water partition coefficient (Wildman–Crippen LogP) is 4.15. The molecule has 0 fully saturated rings. The molecule has 2 heterocycles. The fourth-order valence-electron chi connectivity index (χ4n) is 4.11. The zero-order chi connectivity index (χ0) is 19.9. The molecule has 0 atom stereocenters. The van der Waals surface area contributed by atoms with Gasteiger partial charge in [0.25, 0.3) is 0 Å². The van der Waals surface area contributed by atoms with Crippen molar-refractivity contribution in [1.29, 1.82) is 5.41 Å². The van der Waals surface area contributed by atoms with Crippen molar-refractivity contribution < 1.29 is 13.2 Å². The number of rotatable bonds is 3. The summed E-state index contributed by atoms with van der Waals surface area (Å²) >= 11 is 0. The second-order valence-corrected chi connectivity index (χ2v) is 7.08. The number of halogens is 3. The Morgan fingerprint density at radius 1 is 1.00 bits per heavy atom. The number of nitrogens with one attached hydrogen (secondary N) is 1. The van der Waals surface area contributed by atoms with Crippen LogP contribution in [0.3, 0.4) is 0 Å². The first kappa shape index (κ1) is 18.4. The average molecular weight is 386 g/mol. The van der Waals surface area contributed by atoms with E-state index in [0.29, 0.717) is 43.7 Å². The Morgan fingerprint density at radius 2 is 1.75 bits per heavy atom. The molecule has 0 aliphatic carbocycles. The van der Waals surface area contributed by atoms with Crippen LogP contribution in [0.15, 0.2) is 48.5 Å². The van der Waals surface area contributed by atoms with Crippen LogP contribution in [0, 0.1) is 5.41 Å². The Bertz CT molecular complexity index is 1020. The van der Waals surface area contributed by atoms with E-state index >= 15 is 0 Å². The fourth-order valence-corrected chi connectivity index (χ4v) is 4.11. The van der Waals surface area contributed by atoms with E-state index in [-0.39, 0.29) is 11.3 Å². The van der Waals surface area contributed by atoms with E-state index in [1.54, 1.807) is 21.6 Å². The fraction of sp³-hybridized carbons (Fsp3) is 0.286. The van der Waals surface area contributed by atoms with Crippen molar-refractivity contribution in [2.45, 2.75) is 32.1 Å². The van der Waals surface area contributed by atoms with Crippen molar-refractivity contribution in [3.8, 4) is 0 Å². The largest absolute Gasteiger partial charge is 0.418 e. The summed E-state index contributed by atoms with van der Waals surface area (Å²) in [4.78, 5) is 1.69. The number of aromatic nitrogens is 1. The van der Waals surface area contributed by atoms with Crippen molar-refractivity contribution in [2.75, 3.05) is 6.54 Å². The van der Waals surface area contributed by atoms with E-state index in [1.807, 2.05) is 36.4 Å². The van der Waals surface area contributed by atoms with E-state index < -0.39 is 11.7 Å². The van der Waals surface area contributed by atoms with Gasteiger partial charge in [0, 0.05) is 30.7 Å². The molecule has 4 nitrogen and oxygen atoms in total. The maximum absolute atomic E-state index is 14.0. The van der Waals surface area contributed by atoms with Crippen LogP contribution in [0.2, 0.25) is 0 Å². The summed E-state index contributed by atoms with van der Waals surface area (Å²) < 4.78 is 43.9. The number of nitrogens with zero attached hydrogens (tertiary/aromatic N) is 2. The molecule has 0 radical (unpaired) electrons. The van der Waals surface area contributed by atoms with Crippen molar-refractivity contribution in [2.24, 2.45) is 5.73 Å². The number of hydrogen-bond acceptors (Lipinski definition) is 1. The molecule has 4 rings (SSSR count). The molecule has 1 aliphatic heterocycles. The van der Waals surface area contributed by atoms with E-state index in [0.717, 1.165) is 11.1 Å². The normalized spacial score (nSPS) is 14.3. The van der Waals surface area contributed by atoms with Gasteiger partial charge in [-0.2, -0.15) is 13.2 Å². The number of nitrogens with two attached hydrogens (primary N) is 1. The Kier molecular flexibility index (Phi) is 4.53. The third-order valence-corrected chi connectivity index (χ3v) is 5.35. The van der Waals surface area contributed by atoms with Gasteiger partial charge >= 0.3 is 6.18 Å². The number of hydrogen-bond donors (Lipinski definition) is 2. The highest BCUT2D eigenvalue weighted by atomic mass is 19.4. The van der Waals surface area contributed by atoms with Gasteiger partial charge in [-0.25, -0.2) is 0 Å². The highest BCUT2D eigenvalue weighted by Crippen LogP contribution is 2.41. The molecule has 3 aromatic rings. The van der Waals surface area contributed by atoms with Gasteiger partial charge in [-0.3, -0.25) is 5.41 Å². The number of benzene rings is 2. The van der Waals surface area contributed by atoms with E-state index in [9.17, 15) is 13.2 Å². The van der Waals surface area contributed by atoms with Gasteiger partial charge in [-0.05, 0) is 24.0 Å². The molecule has 3 N–H and O–H groups in total. The molecule has 0 unspecified atom stereocenters. The molecule has 0 bridgehead atoms. The van der Waals surface area contributed by atoms with Gasteiger partial charge in [0.05, 0.1) is 11.1 Å². The lowest BCUT2D eigenvalue weighted by molar-refractivity contribution is -0.137. The maximum Gasteiger partial charge on any atom is 0.418 e. The van der Waals surface area contributed by atoms with Gasteiger partial charge in [-0.15, -0.1) is 0 Å². The van der Waals surface area contributed by atoms with Crippen LogP contribution in [-0.4, -0.2) is 22.0 Å². The third-order valence-electron chi connectivity index (χ3n) is 5.35. The number of aryl methyl sites for hydroxylation is 1. The van der Waals surface area contributed by atoms with Crippen molar-refractivity contribution in [3.63, 3.8) is 0 Å². The lowest BCUT2D eigenvalue weighted by Crippen LogP contribution is -2.37. The molecule has 7 heteroatoms. The van der Waals surface area contributed by atoms with Gasteiger partial charge in [0.2, 0.25) is 0 Å². The van der Waals surface area contributed by atoms with E-state index in [1.165, 1.54) is 0 Å². The average Bonchev–Trinajstić information content (AvgIpc) is 2.84. The topological polar surface area (TPSA) is 58.0 Å². The minimum Gasteiger partial charge on any atom is -0.370 e. The molecular weight excluding hydrogens is 365 g/mol. The van der Waals surface area contributed by atoms with Gasteiger partial charge in [0.1, 0.15) is 0 Å². The summed E-state index contributed by atoms with van der Waals surface area (Å²) in [5, 5.41) is 7.98. The summed E-state index contributed by atoms with van der Waals surface area (Å²) in [5.74, 6) is -0.0652. The summed E-state index contributed by atoms with van der Waals surface area (Å²) in [6, 6.07) is 14.6. The summed E-state index contributed by atoms with van der Waals surface area (Å²) in [7, 11) is 0. The van der Waals surface area contributed by atoms with Crippen LogP contribution in [0.25, 0.3) is 10.9 Å². The first-order chi connectivity index (χ1) is 13.4. The Labute approximate surface area is 160 Å². The number of alkyl halides is 3. The van der Waals surface area contributed by atoms with Crippen LogP contribution in [-0.2, 0) is 32.1 Å². The molecular formula is C21H21F3N4. The molecule has 0 spiro atoms. The molecule has 146 valence electrons. The maximum atomic E-state index is 14.0. The van der Waals surface area contributed by atoms with Crippen LogP contribution < -0.4 is 5.73 Å². The van der Waals surface area contributed by atoms with Gasteiger partial charge < -0.3 is 15.2 Å². The molecule has 2 aromatic carbocycles. The molecule has 0 saturated heterocycles. The predicted molar refractivity (Wildman–Crippen MR) is 103 cm³/mol. The number of para-hydroxylation sites is 1. The first-order valence-corrected chi connectivity index (χ1v) is 9.19. The smallest absolute Gasteiger partial charge is 0.370 e. The summed E-state index contributed by atoms with van der Waals surface area (Å²) in [6.07, 6.45) is -3.59. The second kappa shape index (κ2) is 6.89. The minimum absolute atomic E-state index is 0.0652. The lowest BCUT2D eigenvalue weighted by Gasteiger charge is -2.21. The monoisotopic (exact) mass is 386 g/mol. The van der Waals surface area contributed by atoms with Crippen LogP contribution in [0.4, 0.5) is 13.2 Å². The van der Waals surface area contributed by atoms with Crippen LogP contribution >= 0.6 is 0 Å². The minimum atomic E-state index is -4.42. The van der Waals surface area contributed by atoms with Gasteiger partial charge in [-0.1, -0.05) is 48.5 Å². The third kappa shape index (κ3) is 3.21. The summed E-state index contributed by atoms with van der Waals surface area (Å²) in [6.45, 7) is 1.11. The zero-order valence-electron chi connectivity index (χ0n) is 15.3. The second-order valence-electron chi connectivity index (χ2n) is 7.08. The van der Waals surface area contributed by atoms with Crippen molar-refractivity contribution in [3.05, 3.63) is 70.9 Å².